The van der Waals surface area contributed by atoms with Crippen LogP contribution in [0.5, 0.6) is 5.75 Å². The largest absolute Gasteiger partial charge is 0.497 e. The van der Waals surface area contributed by atoms with E-state index < -0.39 is 0 Å². The fourth-order valence-electron chi connectivity index (χ4n) is 2.34. The number of hydrogen-bond donors (Lipinski definition) is 1. The van der Waals surface area contributed by atoms with Crippen molar-refractivity contribution in [3.8, 4) is 5.75 Å². The van der Waals surface area contributed by atoms with Gasteiger partial charge in [-0.2, -0.15) is 0 Å². The number of nitrogens with two attached hydrogens (primary N) is 1. The van der Waals surface area contributed by atoms with Gasteiger partial charge in [-0.25, -0.2) is 0 Å². The number of ether oxygens (including phenoxy) is 1. The van der Waals surface area contributed by atoms with E-state index in [9.17, 15) is 0 Å². The number of nitrogens with zero attached hydrogens (tertiary/aromatic N) is 1. The monoisotopic (exact) mass is 284 g/mol. The van der Waals surface area contributed by atoms with Gasteiger partial charge in [0.15, 0.2) is 0 Å². The van der Waals surface area contributed by atoms with E-state index in [4.69, 9.17) is 10.5 Å². The summed E-state index contributed by atoms with van der Waals surface area (Å²) in [6, 6.07) is 16.3. The molecular formula is C18H24N2O. The molecule has 0 aliphatic rings. The summed E-state index contributed by atoms with van der Waals surface area (Å²) in [7, 11) is 3.81. The summed E-state index contributed by atoms with van der Waals surface area (Å²) in [5.41, 5.74) is 9.10. The van der Waals surface area contributed by atoms with Crippen LogP contribution in [0.15, 0.2) is 48.5 Å². The van der Waals surface area contributed by atoms with E-state index in [1.54, 1.807) is 7.11 Å². The second-order valence-corrected chi connectivity index (χ2v) is 5.48. The van der Waals surface area contributed by atoms with Crippen LogP contribution in [0.3, 0.4) is 0 Å². The highest BCUT2D eigenvalue weighted by Crippen LogP contribution is 2.23. The first-order valence-corrected chi connectivity index (χ1v) is 7.31. The molecule has 0 saturated heterocycles. The fraction of sp³-hybridized carbons (Fsp3) is 0.333. The average Bonchev–Trinajstić information content (AvgIpc) is 2.53. The maximum Gasteiger partial charge on any atom is 0.119 e. The van der Waals surface area contributed by atoms with Crippen molar-refractivity contribution in [1.29, 1.82) is 0 Å². The minimum Gasteiger partial charge on any atom is -0.497 e. The highest BCUT2D eigenvalue weighted by Gasteiger charge is 2.08. The SMILES string of the molecule is COc1ccc(N(C)CCC(C)c2ccc(N)cc2)cc1. The number of methoxy groups -OCH3 is 1. The highest BCUT2D eigenvalue weighted by molar-refractivity contribution is 5.48. The molecule has 0 spiro atoms. The van der Waals surface area contributed by atoms with Gasteiger partial charge < -0.3 is 15.4 Å². The Hall–Kier alpha value is -2.16. The van der Waals surface area contributed by atoms with Crippen LogP contribution >= 0.6 is 0 Å². The third-order valence-corrected chi connectivity index (χ3v) is 3.92. The molecule has 112 valence electrons. The molecule has 0 saturated carbocycles. The second kappa shape index (κ2) is 7.02. The van der Waals surface area contributed by atoms with Crippen LogP contribution in [0, 0.1) is 0 Å². The molecule has 2 N–H and O–H groups in total. The maximum atomic E-state index is 5.73. The Bertz CT molecular complexity index is 548. The molecule has 0 fully saturated rings. The van der Waals surface area contributed by atoms with Crippen molar-refractivity contribution < 1.29 is 4.74 Å². The zero-order valence-electron chi connectivity index (χ0n) is 13.0. The van der Waals surface area contributed by atoms with Gasteiger partial charge in [0.1, 0.15) is 5.75 Å². The minimum atomic E-state index is 0.520. The zero-order chi connectivity index (χ0) is 15.2. The summed E-state index contributed by atoms with van der Waals surface area (Å²) in [5, 5.41) is 0. The van der Waals surface area contributed by atoms with E-state index in [0.717, 1.165) is 24.4 Å². The topological polar surface area (TPSA) is 38.5 Å². The molecule has 2 rings (SSSR count). The molecule has 0 bridgehead atoms. The summed E-state index contributed by atoms with van der Waals surface area (Å²) < 4.78 is 5.19. The van der Waals surface area contributed by atoms with E-state index in [1.807, 2.05) is 24.3 Å². The van der Waals surface area contributed by atoms with E-state index in [1.165, 1.54) is 11.3 Å². The molecule has 0 aliphatic carbocycles. The molecule has 0 aromatic heterocycles. The quantitative estimate of drug-likeness (QED) is 0.817. The molecule has 1 atom stereocenters. The molecule has 0 heterocycles. The van der Waals surface area contributed by atoms with Crippen LogP contribution in [-0.2, 0) is 0 Å². The lowest BCUT2D eigenvalue weighted by molar-refractivity contribution is 0.415. The zero-order valence-corrected chi connectivity index (χ0v) is 13.0. The lowest BCUT2D eigenvalue weighted by Crippen LogP contribution is -2.19. The first kappa shape index (κ1) is 15.2. The summed E-state index contributed by atoms with van der Waals surface area (Å²) in [6.45, 7) is 3.27. The van der Waals surface area contributed by atoms with Crippen LogP contribution in [0.2, 0.25) is 0 Å². The standard InChI is InChI=1S/C18H24N2O/c1-14(15-4-6-16(19)7-5-15)12-13-20(2)17-8-10-18(21-3)11-9-17/h4-11,14H,12-13,19H2,1-3H3. The van der Waals surface area contributed by atoms with E-state index in [-0.39, 0.29) is 0 Å². The van der Waals surface area contributed by atoms with Gasteiger partial charge >= 0.3 is 0 Å². The van der Waals surface area contributed by atoms with E-state index in [0.29, 0.717) is 5.92 Å². The molecule has 0 amide bonds. The van der Waals surface area contributed by atoms with Gasteiger partial charge in [0.05, 0.1) is 7.11 Å². The molecule has 0 aliphatic heterocycles. The summed E-state index contributed by atoms with van der Waals surface area (Å²) in [6.07, 6.45) is 1.10. The summed E-state index contributed by atoms with van der Waals surface area (Å²) >= 11 is 0. The van der Waals surface area contributed by atoms with Crippen molar-refractivity contribution in [1.82, 2.24) is 0 Å². The molecule has 3 heteroatoms. The first-order chi connectivity index (χ1) is 10.1. The van der Waals surface area contributed by atoms with Crippen molar-refractivity contribution >= 4 is 11.4 Å². The van der Waals surface area contributed by atoms with Gasteiger partial charge in [-0.05, 0) is 54.3 Å². The first-order valence-electron chi connectivity index (χ1n) is 7.31. The summed E-state index contributed by atoms with van der Waals surface area (Å²) in [4.78, 5) is 2.27. The predicted molar refractivity (Wildman–Crippen MR) is 90.2 cm³/mol. The predicted octanol–water partition coefficient (Wildman–Crippen LogP) is 3.91. The Kier molecular flexibility index (Phi) is 5.09. The van der Waals surface area contributed by atoms with Gasteiger partial charge in [0.2, 0.25) is 0 Å². The number of anilines is 2. The molecule has 21 heavy (non-hydrogen) atoms. The third kappa shape index (κ3) is 4.15. The van der Waals surface area contributed by atoms with E-state index in [2.05, 4.69) is 43.1 Å². The van der Waals surface area contributed by atoms with Crippen LogP contribution in [-0.4, -0.2) is 20.7 Å². The second-order valence-electron chi connectivity index (χ2n) is 5.48. The van der Waals surface area contributed by atoms with Gasteiger partial charge in [-0.1, -0.05) is 19.1 Å². The van der Waals surface area contributed by atoms with Crippen LogP contribution in [0.25, 0.3) is 0 Å². The van der Waals surface area contributed by atoms with Crippen LogP contribution in [0.1, 0.15) is 24.8 Å². The maximum absolute atomic E-state index is 5.73. The fourth-order valence-corrected chi connectivity index (χ4v) is 2.34. The summed E-state index contributed by atoms with van der Waals surface area (Å²) in [5.74, 6) is 1.41. The van der Waals surface area contributed by atoms with E-state index >= 15 is 0 Å². The Morgan fingerprint density at radius 3 is 2.24 bits per heavy atom. The Labute approximate surface area is 127 Å². The minimum absolute atomic E-state index is 0.520. The van der Waals surface area contributed by atoms with Crippen molar-refractivity contribution in [2.24, 2.45) is 0 Å². The number of rotatable bonds is 6. The number of benzene rings is 2. The van der Waals surface area contributed by atoms with Crippen molar-refractivity contribution in [3.63, 3.8) is 0 Å². The Morgan fingerprint density at radius 1 is 1.05 bits per heavy atom. The Morgan fingerprint density at radius 2 is 1.67 bits per heavy atom. The number of hydrogen-bond acceptors (Lipinski definition) is 3. The molecular weight excluding hydrogens is 260 g/mol. The Balaban J connectivity index is 1.90. The molecule has 2 aromatic rings. The van der Waals surface area contributed by atoms with Crippen LogP contribution in [0.4, 0.5) is 11.4 Å². The van der Waals surface area contributed by atoms with Crippen molar-refractivity contribution in [3.05, 3.63) is 54.1 Å². The number of nitrogen functional groups attached to an aromatic ring is 1. The normalized spacial score (nSPS) is 12.0. The molecule has 3 nitrogen and oxygen atoms in total. The lowest BCUT2D eigenvalue weighted by Gasteiger charge is -2.22. The molecule has 0 radical (unpaired) electrons. The van der Waals surface area contributed by atoms with Gasteiger partial charge in [0.25, 0.3) is 0 Å². The van der Waals surface area contributed by atoms with Gasteiger partial charge in [0, 0.05) is 25.0 Å². The molecule has 2 aromatic carbocycles. The van der Waals surface area contributed by atoms with Crippen molar-refractivity contribution in [2.75, 3.05) is 31.3 Å². The molecule has 1 unspecified atom stereocenters. The third-order valence-electron chi connectivity index (χ3n) is 3.92. The highest BCUT2D eigenvalue weighted by atomic mass is 16.5. The van der Waals surface area contributed by atoms with Crippen LogP contribution < -0.4 is 15.4 Å². The van der Waals surface area contributed by atoms with Gasteiger partial charge in [-0.3, -0.25) is 0 Å². The lowest BCUT2D eigenvalue weighted by atomic mass is 9.97. The van der Waals surface area contributed by atoms with Crippen molar-refractivity contribution in [2.45, 2.75) is 19.3 Å². The van der Waals surface area contributed by atoms with Gasteiger partial charge in [-0.15, -0.1) is 0 Å². The smallest absolute Gasteiger partial charge is 0.119 e. The average molecular weight is 284 g/mol.